The lowest BCUT2D eigenvalue weighted by molar-refractivity contribution is -0.113. The Bertz CT molecular complexity index is 1260. The highest BCUT2D eigenvalue weighted by Gasteiger charge is 2.13. The largest absolute Gasteiger partial charge is 0.325 e. The van der Waals surface area contributed by atoms with Crippen LogP contribution in [0.3, 0.4) is 0 Å². The quantitative estimate of drug-likeness (QED) is 0.418. The third-order valence-corrected chi connectivity index (χ3v) is 5.37. The SMILES string of the molecule is O=C(CSc1nnc2ccc(C(=O)Nc3cccc(F)c3)cn12)Nc1ccc(Cl)cc1. The Balaban J connectivity index is 1.44. The fourth-order valence-corrected chi connectivity index (χ4v) is 3.57. The van der Waals surface area contributed by atoms with Crippen LogP contribution >= 0.6 is 23.4 Å². The van der Waals surface area contributed by atoms with Crippen LogP contribution in [-0.2, 0) is 4.79 Å². The molecule has 0 radical (unpaired) electrons. The van der Waals surface area contributed by atoms with Gasteiger partial charge < -0.3 is 10.6 Å². The smallest absolute Gasteiger partial charge is 0.257 e. The van der Waals surface area contributed by atoms with Gasteiger partial charge in [-0.25, -0.2) is 4.39 Å². The number of hydrogen-bond donors (Lipinski definition) is 2. The fraction of sp³-hybridized carbons (Fsp3) is 0.0476. The van der Waals surface area contributed by atoms with E-state index in [1.807, 2.05) is 0 Å². The highest BCUT2D eigenvalue weighted by molar-refractivity contribution is 7.99. The average molecular weight is 456 g/mol. The molecule has 2 aromatic carbocycles. The standard InChI is InChI=1S/C21H15ClFN5O2S/c22-14-5-7-16(8-6-14)24-19(29)12-31-21-27-26-18-9-4-13(11-28(18)21)20(30)25-17-3-1-2-15(23)10-17/h1-11H,12H2,(H,24,29)(H,25,30). The summed E-state index contributed by atoms with van der Waals surface area (Å²) >= 11 is 7.02. The van der Waals surface area contributed by atoms with Gasteiger partial charge >= 0.3 is 0 Å². The number of rotatable bonds is 6. The third kappa shape index (κ3) is 5.19. The Hall–Kier alpha value is -3.43. The number of amides is 2. The average Bonchev–Trinajstić information content (AvgIpc) is 3.16. The number of thioether (sulfide) groups is 1. The van der Waals surface area contributed by atoms with E-state index in [2.05, 4.69) is 20.8 Å². The molecule has 2 heterocycles. The Morgan fingerprint density at radius 3 is 2.58 bits per heavy atom. The predicted molar refractivity (Wildman–Crippen MR) is 118 cm³/mol. The molecule has 0 fully saturated rings. The second-order valence-corrected chi connectivity index (χ2v) is 7.82. The van der Waals surface area contributed by atoms with E-state index in [-0.39, 0.29) is 11.7 Å². The van der Waals surface area contributed by atoms with E-state index in [1.54, 1.807) is 53.1 Å². The third-order valence-electron chi connectivity index (χ3n) is 4.18. The highest BCUT2D eigenvalue weighted by atomic mass is 35.5. The van der Waals surface area contributed by atoms with Crippen molar-refractivity contribution in [2.45, 2.75) is 5.16 Å². The molecule has 0 aliphatic rings. The normalized spacial score (nSPS) is 10.8. The van der Waals surface area contributed by atoms with Crippen LogP contribution < -0.4 is 10.6 Å². The summed E-state index contributed by atoms with van der Waals surface area (Å²) in [5.74, 6) is -0.965. The maximum Gasteiger partial charge on any atom is 0.257 e. The van der Waals surface area contributed by atoms with Gasteiger partial charge in [-0.3, -0.25) is 14.0 Å². The van der Waals surface area contributed by atoms with E-state index in [1.165, 1.54) is 30.0 Å². The van der Waals surface area contributed by atoms with Gasteiger partial charge in [0.15, 0.2) is 10.8 Å². The molecule has 0 unspecified atom stereocenters. The van der Waals surface area contributed by atoms with Crippen LogP contribution in [0.1, 0.15) is 10.4 Å². The molecular weight excluding hydrogens is 441 g/mol. The zero-order valence-electron chi connectivity index (χ0n) is 15.9. The number of carbonyl (C=O) groups is 2. The molecule has 4 rings (SSSR count). The van der Waals surface area contributed by atoms with Crippen molar-refractivity contribution < 1.29 is 14.0 Å². The summed E-state index contributed by atoms with van der Waals surface area (Å²) in [5.41, 5.74) is 1.85. The molecule has 0 aliphatic carbocycles. The predicted octanol–water partition coefficient (Wildman–Crippen LogP) is 4.50. The number of carbonyl (C=O) groups excluding carboxylic acids is 2. The number of fused-ring (bicyclic) bond motifs is 1. The Morgan fingerprint density at radius 2 is 1.81 bits per heavy atom. The van der Waals surface area contributed by atoms with Gasteiger partial charge in [-0.1, -0.05) is 29.4 Å². The number of anilines is 2. The minimum absolute atomic E-state index is 0.100. The molecule has 0 saturated carbocycles. The number of pyridine rings is 1. The second-order valence-electron chi connectivity index (χ2n) is 6.44. The minimum Gasteiger partial charge on any atom is -0.325 e. The summed E-state index contributed by atoms with van der Waals surface area (Å²) < 4.78 is 15.0. The molecule has 2 amide bonds. The number of nitrogens with one attached hydrogen (secondary N) is 2. The summed E-state index contributed by atoms with van der Waals surface area (Å²) in [7, 11) is 0. The Kier molecular flexibility index (Phi) is 6.15. The lowest BCUT2D eigenvalue weighted by Crippen LogP contribution is -2.14. The van der Waals surface area contributed by atoms with Crippen LogP contribution in [0.5, 0.6) is 0 Å². The summed E-state index contributed by atoms with van der Waals surface area (Å²) in [4.78, 5) is 24.7. The zero-order chi connectivity index (χ0) is 21.8. The molecule has 10 heteroatoms. The first-order valence-corrected chi connectivity index (χ1v) is 10.4. The van der Waals surface area contributed by atoms with Crippen LogP contribution in [-0.4, -0.2) is 32.2 Å². The second kappa shape index (κ2) is 9.15. The van der Waals surface area contributed by atoms with Crippen molar-refractivity contribution in [3.8, 4) is 0 Å². The summed E-state index contributed by atoms with van der Waals surface area (Å²) in [5, 5.41) is 14.6. The van der Waals surface area contributed by atoms with E-state index in [9.17, 15) is 14.0 Å². The van der Waals surface area contributed by atoms with Gasteiger partial charge in [-0.05, 0) is 54.6 Å². The Morgan fingerprint density at radius 1 is 1.00 bits per heavy atom. The van der Waals surface area contributed by atoms with Crippen LogP contribution in [0.25, 0.3) is 5.65 Å². The summed E-state index contributed by atoms with van der Waals surface area (Å²) in [6.45, 7) is 0. The number of nitrogens with zero attached hydrogens (tertiary/aromatic N) is 3. The minimum atomic E-state index is -0.442. The van der Waals surface area contributed by atoms with E-state index in [4.69, 9.17) is 11.6 Å². The van der Waals surface area contributed by atoms with Gasteiger partial charge in [0.1, 0.15) is 5.82 Å². The molecule has 2 aromatic heterocycles. The first-order chi connectivity index (χ1) is 15.0. The van der Waals surface area contributed by atoms with Gasteiger partial charge in [-0.15, -0.1) is 10.2 Å². The lowest BCUT2D eigenvalue weighted by Gasteiger charge is -2.07. The van der Waals surface area contributed by atoms with E-state index in [0.29, 0.717) is 32.8 Å². The van der Waals surface area contributed by atoms with Crippen LogP contribution in [0.4, 0.5) is 15.8 Å². The van der Waals surface area contributed by atoms with Gasteiger partial charge in [-0.2, -0.15) is 0 Å². The molecule has 2 N–H and O–H groups in total. The molecule has 7 nitrogen and oxygen atoms in total. The molecule has 156 valence electrons. The van der Waals surface area contributed by atoms with Crippen LogP contribution in [0.2, 0.25) is 5.02 Å². The fourth-order valence-electron chi connectivity index (χ4n) is 2.73. The van der Waals surface area contributed by atoms with Crippen molar-refractivity contribution in [1.82, 2.24) is 14.6 Å². The summed E-state index contributed by atoms with van der Waals surface area (Å²) in [6, 6.07) is 15.7. The van der Waals surface area contributed by atoms with E-state index in [0.717, 1.165) is 0 Å². The van der Waals surface area contributed by atoms with Crippen LogP contribution in [0.15, 0.2) is 72.0 Å². The highest BCUT2D eigenvalue weighted by Crippen LogP contribution is 2.20. The van der Waals surface area contributed by atoms with Gasteiger partial charge in [0.2, 0.25) is 5.91 Å². The van der Waals surface area contributed by atoms with Crippen molar-refractivity contribution in [2.24, 2.45) is 0 Å². The molecule has 4 aromatic rings. The van der Waals surface area contributed by atoms with Crippen LogP contribution in [0, 0.1) is 5.82 Å². The molecule has 0 aliphatic heterocycles. The molecular formula is C21H15ClFN5O2S. The molecule has 0 spiro atoms. The van der Waals surface area contributed by atoms with Crippen molar-refractivity contribution in [3.63, 3.8) is 0 Å². The number of aromatic nitrogens is 3. The molecule has 31 heavy (non-hydrogen) atoms. The van der Waals surface area contributed by atoms with Crippen molar-refractivity contribution in [2.75, 3.05) is 16.4 Å². The molecule has 0 atom stereocenters. The first-order valence-electron chi connectivity index (χ1n) is 9.08. The Labute approximate surface area is 185 Å². The van der Waals surface area contributed by atoms with Gasteiger partial charge in [0.05, 0.1) is 11.3 Å². The number of benzene rings is 2. The molecule has 0 saturated heterocycles. The van der Waals surface area contributed by atoms with Crippen molar-refractivity contribution in [1.29, 1.82) is 0 Å². The zero-order valence-corrected chi connectivity index (χ0v) is 17.5. The monoisotopic (exact) mass is 455 g/mol. The number of halogens is 2. The first kappa shape index (κ1) is 20.8. The molecule has 0 bridgehead atoms. The summed E-state index contributed by atoms with van der Waals surface area (Å²) in [6.07, 6.45) is 1.57. The van der Waals surface area contributed by atoms with Crippen molar-refractivity contribution >= 4 is 52.2 Å². The number of hydrogen-bond acceptors (Lipinski definition) is 5. The van der Waals surface area contributed by atoms with Crippen molar-refractivity contribution in [3.05, 3.63) is 83.3 Å². The topological polar surface area (TPSA) is 88.4 Å². The lowest BCUT2D eigenvalue weighted by atomic mass is 10.2. The van der Waals surface area contributed by atoms with Gasteiger partial charge in [0.25, 0.3) is 5.91 Å². The van der Waals surface area contributed by atoms with E-state index < -0.39 is 11.7 Å². The van der Waals surface area contributed by atoms with E-state index >= 15 is 0 Å². The maximum absolute atomic E-state index is 13.3. The van der Waals surface area contributed by atoms with Gasteiger partial charge in [0, 0.05) is 22.6 Å². The maximum atomic E-state index is 13.3.